The van der Waals surface area contributed by atoms with E-state index in [1.165, 1.54) is 19.3 Å². The van der Waals surface area contributed by atoms with Gasteiger partial charge >= 0.3 is 0 Å². The van der Waals surface area contributed by atoms with Crippen LogP contribution in [0.3, 0.4) is 0 Å². The summed E-state index contributed by atoms with van der Waals surface area (Å²) < 4.78 is 0. The molecule has 2 aliphatic rings. The normalized spacial score (nSPS) is 22.9. The molecule has 1 aliphatic heterocycles. The van der Waals surface area contributed by atoms with E-state index < -0.39 is 0 Å². The Balaban J connectivity index is 1.77. The van der Waals surface area contributed by atoms with Gasteiger partial charge in [-0.3, -0.25) is 9.69 Å². The molecule has 0 spiro atoms. The van der Waals surface area contributed by atoms with Crippen LogP contribution in [0.4, 0.5) is 0 Å². The lowest BCUT2D eigenvalue weighted by molar-refractivity contribution is -0.135. The summed E-state index contributed by atoms with van der Waals surface area (Å²) in [4.78, 5) is 16.6. The Morgan fingerprint density at radius 1 is 1.22 bits per heavy atom. The number of amides is 1. The number of nitrogens with zero attached hydrogens (tertiary/aromatic N) is 2. The largest absolute Gasteiger partial charge is 0.340 e. The van der Waals surface area contributed by atoms with Crippen LogP contribution in [0.2, 0.25) is 0 Å². The molecule has 0 aromatic rings. The Kier molecular flexibility index (Phi) is 4.28. The first kappa shape index (κ1) is 13.8. The van der Waals surface area contributed by atoms with E-state index in [4.69, 9.17) is 5.73 Å². The Hall–Kier alpha value is -0.610. The number of carbonyl (C=O) groups excluding carboxylic acids is 1. The minimum absolute atomic E-state index is 0.0586. The molecule has 1 heterocycles. The first-order valence-electron chi connectivity index (χ1n) is 7.26. The highest BCUT2D eigenvalue weighted by Gasteiger charge is 2.31. The van der Waals surface area contributed by atoms with E-state index in [9.17, 15) is 4.79 Å². The van der Waals surface area contributed by atoms with Gasteiger partial charge in [0.2, 0.25) is 5.91 Å². The van der Waals surface area contributed by atoms with Crippen molar-refractivity contribution in [3.8, 4) is 0 Å². The third-order valence-corrected chi connectivity index (χ3v) is 4.68. The predicted molar refractivity (Wildman–Crippen MR) is 73.2 cm³/mol. The average Bonchev–Trinajstić information content (AvgIpc) is 2.33. The lowest BCUT2D eigenvalue weighted by Gasteiger charge is -2.44. The fourth-order valence-corrected chi connectivity index (χ4v) is 2.76. The fourth-order valence-electron chi connectivity index (χ4n) is 2.76. The number of nitrogens with two attached hydrogens (primary N) is 1. The third-order valence-electron chi connectivity index (χ3n) is 4.68. The van der Waals surface area contributed by atoms with E-state index in [2.05, 4.69) is 18.7 Å². The second-order valence-corrected chi connectivity index (χ2v) is 6.39. The van der Waals surface area contributed by atoms with Crippen molar-refractivity contribution in [1.82, 2.24) is 9.80 Å². The summed E-state index contributed by atoms with van der Waals surface area (Å²) in [6.45, 7) is 8.69. The van der Waals surface area contributed by atoms with Gasteiger partial charge in [0.15, 0.2) is 0 Å². The maximum absolute atomic E-state index is 12.1. The topological polar surface area (TPSA) is 49.6 Å². The van der Waals surface area contributed by atoms with Crippen molar-refractivity contribution >= 4 is 5.91 Å². The summed E-state index contributed by atoms with van der Waals surface area (Å²) >= 11 is 0. The van der Waals surface area contributed by atoms with Crippen molar-refractivity contribution < 1.29 is 4.79 Å². The Morgan fingerprint density at radius 3 is 2.28 bits per heavy atom. The van der Waals surface area contributed by atoms with Crippen LogP contribution in [0.1, 0.15) is 39.5 Å². The van der Waals surface area contributed by atoms with Gasteiger partial charge < -0.3 is 10.6 Å². The molecule has 1 saturated carbocycles. The lowest BCUT2D eigenvalue weighted by Crippen LogP contribution is -2.58. The van der Waals surface area contributed by atoms with Crippen molar-refractivity contribution in [2.45, 2.75) is 45.1 Å². The molecule has 104 valence electrons. The molecule has 2 N–H and O–H groups in total. The van der Waals surface area contributed by atoms with Gasteiger partial charge in [0, 0.05) is 44.7 Å². The molecule has 4 heteroatoms. The van der Waals surface area contributed by atoms with Crippen LogP contribution in [-0.4, -0.2) is 54.0 Å². The molecular formula is C14H27N3O. The number of hydrogen-bond donors (Lipinski definition) is 1. The van der Waals surface area contributed by atoms with Gasteiger partial charge in [-0.05, 0) is 32.6 Å². The zero-order valence-electron chi connectivity index (χ0n) is 11.8. The van der Waals surface area contributed by atoms with E-state index in [-0.39, 0.29) is 5.54 Å². The maximum Gasteiger partial charge on any atom is 0.222 e. The minimum Gasteiger partial charge on any atom is -0.340 e. The van der Waals surface area contributed by atoms with Crippen LogP contribution in [0.25, 0.3) is 0 Å². The molecule has 2 fully saturated rings. The number of piperazine rings is 1. The van der Waals surface area contributed by atoms with Gasteiger partial charge in [0.25, 0.3) is 0 Å². The Bertz CT molecular complexity index is 291. The summed E-state index contributed by atoms with van der Waals surface area (Å²) in [5, 5.41) is 0. The molecule has 1 aliphatic carbocycles. The van der Waals surface area contributed by atoms with Crippen molar-refractivity contribution in [1.29, 1.82) is 0 Å². The SMILES string of the molecule is CC(C)(CN)N1CCN(C(=O)CC2CCC2)CC1. The summed E-state index contributed by atoms with van der Waals surface area (Å²) in [5.41, 5.74) is 5.86. The van der Waals surface area contributed by atoms with Crippen molar-refractivity contribution in [3.63, 3.8) is 0 Å². The monoisotopic (exact) mass is 253 g/mol. The third kappa shape index (κ3) is 3.04. The highest BCUT2D eigenvalue weighted by atomic mass is 16.2. The van der Waals surface area contributed by atoms with Gasteiger partial charge in [0.1, 0.15) is 0 Å². The van der Waals surface area contributed by atoms with Gasteiger partial charge in [0.05, 0.1) is 0 Å². The molecule has 0 atom stereocenters. The molecule has 0 radical (unpaired) electrons. The molecule has 2 rings (SSSR count). The second kappa shape index (κ2) is 5.57. The number of hydrogen-bond acceptors (Lipinski definition) is 3. The van der Waals surface area contributed by atoms with Crippen LogP contribution in [0, 0.1) is 5.92 Å². The summed E-state index contributed by atoms with van der Waals surface area (Å²) in [7, 11) is 0. The summed E-state index contributed by atoms with van der Waals surface area (Å²) in [6.07, 6.45) is 4.61. The molecule has 18 heavy (non-hydrogen) atoms. The standard InChI is InChI=1S/C14H27N3O/c1-14(2,11-15)17-8-6-16(7-9-17)13(18)10-12-4-3-5-12/h12H,3-11,15H2,1-2H3. The first-order valence-corrected chi connectivity index (χ1v) is 7.26. The van der Waals surface area contributed by atoms with Crippen molar-refractivity contribution in [2.24, 2.45) is 11.7 Å². The van der Waals surface area contributed by atoms with Gasteiger partial charge in [-0.15, -0.1) is 0 Å². The fraction of sp³-hybridized carbons (Fsp3) is 0.929. The Morgan fingerprint density at radius 2 is 1.83 bits per heavy atom. The van der Waals surface area contributed by atoms with Crippen LogP contribution in [0.5, 0.6) is 0 Å². The predicted octanol–water partition coefficient (Wildman–Crippen LogP) is 1.06. The highest BCUT2D eigenvalue weighted by Crippen LogP contribution is 2.30. The maximum atomic E-state index is 12.1. The zero-order valence-corrected chi connectivity index (χ0v) is 11.8. The van der Waals surface area contributed by atoms with E-state index in [0.717, 1.165) is 32.6 Å². The zero-order chi connectivity index (χ0) is 13.2. The van der Waals surface area contributed by atoms with Crippen molar-refractivity contribution in [2.75, 3.05) is 32.7 Å². The van der Waals surface area contributed by atoms with Crippen LogP contribution >= 0.6 is 0 Å². The second-order valence-electron chi connectivity index (χ2n) is 6.39. The summed E-state index contributed by atoms with van der Waals surface area (Å²) in [5.74, 6) is 1.04. The molecule has 1 amide bonds. The Labute approximate surface area is 110 Å². The molecular weight excluding hydrogens is 226 g/mol. The minimum atomic E-state index is 0.0586. The van der Waals surface area contributed by atoms with Crippen LogP contribution in [0.15, 0.2) is 0 Å². The molecule has 1 saturated heterocycles. The molecule has 4 nitrogen and oxygen atoms in total. The van der Waals surface area contributed by atoms with E-state index in [1.807, 2.05) is 4.90 Å². The molecule has 0 aromatic carbocycles. The first-order chi connectivity index (χ1) is 8.53. The van der Waals surface area contributed by atoms with Gasteiger partial charge in [-0.2, -0.15) is 0 Å². The lowest BCUT2D eigenvalue weighted by atomic mass is 9.82. The molecule has 0 aromatic heterocycles. The van der Waals surface area contributed by atoms with Gasteiger partial charge in [-0.25, -0.2) is 0 Å². The summed E-state index contributed by atoms with van der Waals surface area (Å²) in [6, 6.07) is 0. The van der Waals surface area contributed by atoms with Crippen LogP contribution in [-0.2, 0) is 4.79 Å². The number of rotatable bonds is 4. The van der Waals surface area contributed by atoms with Crippen LogP contribution < -0.4 is 5.73 Å². The molecule has 0 unspecified atom stereocenters. The number of carbonyl (C=O) groups is 1. The smallest absolute Gasteiger partial charge is 0.222 e. The van der Waals surface area contributed by atoms with Crippen molar-refractivity contribution in [3.05, 3.63) is 0 Å². The van der Waals surface area contributed by atoms with E-state index in [1.54, 1.807) is 0 Å². The molecule has 0 bridgehead atoms. The quantitative estimate of drug-likeness (QED) is 0.815. The average molecular weight is 253 g/mol. The van der Waals surface area contributed by atoms with E-state index >= 15 is 0 Å². The van der Waals surface area contributed by atoms with E-state index in [0.29, 0.717) is 18.4 Å². The highest BCUT2D eigenvalue weighted by molar-refractivity contribution is 5.76. The van der Waals surface area contributed by atoms with Gasteiger partial charge in [-0.1, -0.05) is 6.42 Å².